The maximum atomic E-state index is 9.75. The summed E-state index contributed by atoms with van der Waals surface area (Å²) in [6, 6.07) is 13.6. The average molecular weight is 435 g/mol. The van der Waals surface area contributed by atoms with Crippen LogP contribution in [0.5, 0.6) is 23.0 Å². The van der Waals surface area contributed by atoms with Crippen LogP contribution in [0.1, 0.15) is 31.3 Å². The minimum absolute atomic E-state index is 0.0418. The van der Waals surface area contributed by atoms with Gasteiger partial charge in [-0.15, -0.1) is 11.3 Å². The lowest BCUT2D eigenvalue weighted by Gasteiger charge is -2.15. The van der Waals surface area contributed by atoms with Crippen molar-refractivity contribution >= 4 is 23.0 Å². The highest BCUT2D eigenvalue weighted by Crippen LogP contribution is 2.37. The van der Waals surface area contributed by atoms with Crippen LogP contribution in [0.15, 0.2) is 41.8 Å². The fraction of sp³-hybridized carbons (Fsp3) is 0.250. The molecule has 0 amide bonds. The molecule has 0 atom stereocenters. The van der Waals surface area contributed by atoms with Crippen LogP contribution in [0.4, 0.5) is 0 Å². The third-order valence-electron chi connectivity index (χ3n) is 4.46. The Morgan fingerprint density at radius 1 is 1.19 bits per heavy atom. The normalized spacial score (nSPS) is 12.7. The fourth-order valence-electron chi connectivity index (χ4n) is 3.13. The molecule has 1 aliphatic rings. The highest BCUT2D eigenvalue weighted by atomic mass is 32.1. The van der Waals surface area contributed by atoms with Gasteiger partial charge in [-0.25, -0.2) is 4.98 Å². The number of ether oxygens (including phenoxy) is 4. The summed E-state index contributed by atoms with van der Waals surface area (Å²) in [5.74, 6) is 2.77. The molecular weight excluding hydrogens is 412 g/mol. The van der Waals surface area contributed by atoms with Gasteiger partial charge in [0, 0.05) is 10.9 Å². The van der Waals surface area contributed by atoms with Gasteiger partial charge >= 0.3 is 0 Å². The number of thiazole rings is 1. The Labute approximate surface area is 185 Å². The molecule has 0 saturated carbocycles. The lowest BCUT2D eigenvalue weighted by molar-refractivity contribution is 0.174. The molecule has 0 saturated heterocycles. The molecule has 0 unspecified atom stereocenters. The van der Waals surface area contributed by atoms with Crippen molar-refractivity contribution in [1.82, 2.24) is 4.98 Å². The molecule has 0 N–H and O–H groups in total. The second-order valence-electron chi connectivity index (χ2n) is 7.08. The van der Waals surface area contributed by atoms with Crippen molar-refractivity contribution in [3.63, 3.8) is 0 Å². The van der Waals surface area contributed by atoms with Crippen LogP contribution < -0.4 is 18.9 Å². The minimum atomic E-state index is 0.0418. The lowest BCUT2D eigenvalue weighted by atomic mass is 10.1. The van der Waals surface area contributed by atoms with E-state index in [0.717, 1.165) is 22.6 Å². The minimum Gasteiger partial charge on any atom is -0.490 e. The van der Waals surface area contributed by atoms with E-state index in [1.807, 2.05) is 68.6 Å². The first kappa shape index (κ1) is 20.8. The van der Waals surface area contributed by atoms with Gasteiger partial charge in [0.25, 0.3) is 0 Å². The number of nitriles is 1. The van der Waals surface area contributed by atoms with E-state index in [9.17, 15) is 5.26 Å². The molecule has 0 spiro atoms. The van der Waals surface area contributed by atoms with Gasteiger partial charge in [0.15, 0.2) is 23.0 Å². The molecule has 0 fully saturated rings. The smallest absolute Gasteiger partial charge is 0.231 e. The molecule has 6 nitrogen and oxygen atoms in total. The molecule has 2 heterocycles. The Kier molecular flexibility index (Phi) is 6.10. The topological polar surface area (TPSA) is 73.6 Å². The van der Waals surface area contributed by atoms with Crippen LogP contribution in [0.2, 0.25) is 0 Å². The van der Waals surface area contributed by atoms with Crippen LogP contribution in [0.3, 0.4) is 0 Å². The highest BCUT2D eigenvalue weighted by Gasteiger charge is 2.16. The van der Waals surface area contributed by atoms with E-state index in [2.05, 4.69) is 11.1 Å². The van der Waals surface area contributed by atoms with E-state index in [0.29, 0.717) is 34.4 Å². The first-order valence-electron chi connectivity index (χ1n) is 9.98. The van der Waals surface area contributed by atoms with Crippen molar-refractivity contribution < 1.29 is 18.9 Å². The van der Waals surface area contributed by atoms with Gasteiger partial charge in [-0.2, -0.15) is 5.26 Å². The van der Waals surface area contributed by atoms with Crippen molar-refractivity contribution in [3.05, 3.63) is 52.3 Å². The summed E-state index contributed by atoms with van der Waals surface area (Å²) in [5, 5.41) is 12.3. The molecule has 158 valence electrons. The number of nitrogens with zero attached hydrogens (tertiary/aromatic N) is 2. The molecular formula is C24H22N2O4S. The van der Waals surface area contributed by atoms with E-state index >= 15 is 0 Å². The lowest BCUT2D eigenvalue weighted by Crippen LogP contribution is -2.07. The van der Waals surface area contributed by atoms with Crippen LogP contribution >= 0.6 is 11.3 Å². The quantitative estimate of drug-likeness (QED) is 0.438. The standard InChI is InChI=1S/C24H22N2O4S/c1-4-27-22-10-16(5-7-21(22)30-15(2)3)9-18(12-25)24-26-19(13-31-24)17-6-8-20-23(11-17)29-14-28-20/h5-11,13,15H,4,14H2,1-3H3. The van der Waals surface area contributed by atoms with Crippen LogP contribution in [-0.4, -0.2) is 24.5 Å². The molecule has 3 aromatic rings. The molecule has 0 radical (unpaired) electrons. The van der Waals surface area contributed by atoms with E-state index in [-0.39, 0.29) is 12.9 Å². The van der Waals surface area contributed by atoms with Gasteiger partial charge in [0.05, 0.1) is 24.0 Å². The number of rotatable bonds is 7. The molecule has 2 aromatic carbocycles. The first-order valence-corrected chi connectivity index (χ1v) is 10.9. The Bertz CT molecular complexity index is 1160. The van der Waals surface area contributed by atoms with Crippen molar-refractivity contribution in [1.29, 1.82) is 5.26 Å². The zero-order valence-corrected chi connectivity index (χ0v) is 18.4. The number of hydrogen-bond acceptors (Lipinski definition) is 7. The van der Waals surface area contributed by atoms with Gasteiger partial charge in [-0.05, 0) is 62.7 Å². The van der Waals surface area contributed by atoms with Gasteiger partial charge in [-0.1, -0.05) is 6.07 Å². The predicted molar refractivity (Wildman–Crippen MR) is 121 cm³/mol. The molecule has 0 aliphatic carbocycles. The van der Waals surface area contributed by atoms with E-state index in [1.54, 1.807) is 0 Å². The molecule has 7 heteroatoms. The average Bonchev–Trinajstić information content (AvgIpc) is 3.42. The summed E-state index contributed by atoms with van der Waals surface area (Å²) < 4.78 is 22.3. The maximum Gasteiger partial charge on any atom is 0.231 e. The van der Waals surface area contributed by atoms with Crippen LogP contribution in [0, 0.1) is 11.3 Å². The summed E-state index contributed by atoms with van der Waals surface area (Å²) in [4.78, 5) is 4.66. The third kappa shape index (κ3) is 4.65. The van der Waals surface area contributed by atoms with Crippen molar-refractivity contribution in [2.45, 2.75) is 26.9 Å². The Morgan fingerprint density at radius 2 is 2.03 bits per heavy atom. The van der Waals surface area contributed by atoms with Gasteiger partial charge in [-0.3, -0.25) is 0 Å². The monoisotopic (exact) mass is 434 g/mol. The van der Waals surface area contributed by atoms with Gasteiger partial charge in [0.2, 0.25) is 6.79 Å². The maximum absolute atomic E-state index is 9.75. The zero-order valence-electron chi connectivity index (χ0n) is 17.5. The number of fused-ring (bicyclic) bond motifs is 1. The van der Waals surface area contributed by atoms with E-state index in [1.165, 1.54) is 11.3 Å². The van der Waals surface area contributed by atoms with Crippen LogP contribution in [-0.2, 0) is 0 Å². The first-order chi connectivity index (χ1) is 15.1. The summed E-state index contributed by atoms with van der Waals surface area (Å²) in [6.07, 6.45) is 1.85. The second-order valence-corrected chi connectivity index (χ2v) is 7.94. The molecule has 0 bridgehead atoms. The third-order valence-corrected chi connectivity index (χ3v) is 5.34. The molecule has 1 aliphatic heterocycles. The van der Waals surface area contributed by atoms with Crippen molar-refractivity contribution in [3.8, 4) is 40.3 Å². The predicted octanol–water partition coefficient (Wildman–Crippen LogP) is 5.79. The number of allylic oxidation sites excluding steroid dienone is 1. The Balaban J connectivity index is 1.62. The fourth-order valence-corrected chi connectivity index (χ4v) is 3.92. The van der Waals surface area contributed by atoms with Crippen LogP contribution in [0.25, 0.3) is 22.9 Å². The summed E-state index contributed by atoms with van der Waals surface area (Å²) in [6.45, 7) is 6.62. The number of aromatic nitrogens is 1. The molecule has 4 rings (SSSR count). The molecule has 1 aromatic heterocycles. The largest absolute Gasteiger partial charge is 0.490 e. The molecule has 31 heavy (non-hydrogen) atoms. The van der Waals surface area contributed by atoms with Gasteiger partial charge in [0.1, 0.15) is 11.1 Å². The Morgan fingerprint density at radius 3 is 2.81 bits per heavy atom. The van der Waals surface area contributed by atoms with Crippen molar-refractivity contribution in [2.24, 2.45) is 0 Å². The van der Waals surface area contributed by atoms with E-state index < -0.39 is 0 Å². The zero-order chi connectivity index (χ0) is 21.8. The van der Waals surface area contributed by atoms with E-state index in [4.69, 9.17) is 18.9 Å². The Hall–Kier alpha value is -3.50. The summed E-state index contributed by atoms with van der Waals surface area (Å²) >= 11 is 1.43. The summed E-state index contributed by atoms with van der Waals surface area (Å²) in [7, 11) is 0. The van der Waals surface area contributed by atoms with Crippen molar-refractivity contribution in [2.75, 3.05) is 13.4 Å². The number of benzene rings is 2. The highest BCUT2D eigenvalue weighted by molar-refractivity contribution is 7.11. The number of hydrogen-bond donors (Lipinski definition) is 0. The van der Waals surface area contributed by atoms with Gasteiger partial charge < -0.3 is 18.9 Å². The second kappa shape index (κ2) is 9.11. The summed E-state index contributed by atoms with van der Waals surface area (Å²) in [5.41, 5.74) is 3.03. The SMILES string of the molecule is CCOc1cc(C=C(C#N)c2nc(-c3ccc4c(c3)OCO4)cs2)ccc1OC(C)C.